The van der Waals surface area contributed by atoms with Crippen LogP contribution < -0.4 is 0 Å². The molecule has 2 N–H and O–H groups in total. The third-order valence-electron chi connectivity index (χ3n) is 5.97. The summed E-state index contributed by atoms with van der Waals surface area (Å²) < 4.78 is 27.1. The summed E-state index contributed by atoms with van der Waals surface area (Å²) in [6.07, 6.45) is 7.39. The van der Waals surface area contributed by atoms with Crippen LogP contribution in [0.1, 0.15) is 69.4 Å². The van der Waals surface area contributed by atoms with Gasteiger partial charge in [-0.05, 0) is 62.8 Å². The number of non-ortho nitro benzene ring substituents is 1. The van der Waals surface area contributed by atoms with Crippen molar-refractivity contribution >= 4 is 15.5 Å². The lowest BCUT2D eigenvalue weighted by molar-refractivity contribution is -0.384. The number of sulfone groups is 1. The van der Waals surface area contributed by atoms with Crippen molar-refractivity contribution in [3.63, 3.8) is 0 Å². The Labute approximate surface area is 188 Å². The summed E-state index contributed by atoms with van der Waals surface area (Å²) in [6, 6.07) is 6.09. The Balaban J connectivity index is 2.19. The number of nitro benzene ring substituents is 1. The molecule has 0 bridgehead atoms. The first kappa shape index (κ1) is 23.8. The van der Waals surface area contributed by atoms with Crippen molar-refractivity contribution in [2.75, 3.05) is 0 Å². The van der Waals surface area contributed by atoms with Crippen LogP contribution in [0.4, 0.5) is 5.69 Å². The molecular weight excluding hydrogens is 430 g/mol. The number of hydrogen-bond donors (Lipinski definition) is 2. The molecule has 1 aliphatic carbocycles. The number of nitro groups is 1. The molecule has 2 aromatic carbocycles. The van der Waals surface area contributed by atoms with Crippen molar-refractivity contribution in [2.45, 2.75) is 74.5 Å². The van der Waals surface area contributed by atoms with Crippen LogP contribution in [0.3, 0.4) is 0 Å². The van der Waals surface area contributed by atoms with Crippen LogP contribution in [0.25, 0.3) is 0 Å². The van der Waals surface area contributed by atoms with Crippen molar-refractivity contribution < 1.29 is 23.6 Å². The lowest BCUT2D eigenvalue weighted by atomic mass is 9.84. The quantitative estimate of drug-likeness (QED) is 0.223. The highest BCUT2D eigenvalue weighted by atomic mass is 32.2. The number of hydrogen-bond acceptors (Lipinski definition) is 6. The van der Waals surface area contributed by atoms with E-state index < -0.39 is 20.5 Å². The van der Waals surface area contributed by atoms with E-state index in [0.717, 1.165) is 43.4 Å². The van der Waals surface area contributed by atoms with E-state index >= 15 is 0 Å². The molecule has 172 valence electrons. The standard InChI is InChI=1S/C24H29NO6S/c1-3-4-5-8-18-15-21(26)22(17-9-6-7-16(2)14-17)23(27)24(18)32(30,31)20-12-10-19(11-13-20)25(28)29/h10-15,17,26-27H,3-9H2,1-2H3. The maximum absolute atomic E-state index is 13.6. The van der Waals surface area contributed by atoms with Gasteiger partial charge in [0.2, 0.25) is 9.84 Å². The fourth-order valence-corrected chi connectivity index (χ4v) is 5.92. The summed E-state index contributed by atoms with van der Waals surface area (Å²) in [7, 11) is -4.18. The molecule has 1 aliphatic rings. The Bertz CT molecular complexity index is 1140. The smallest absolute Gasteiger partial charge is 0.269 e. The van der Waals surface area contributed by atoms with Crippen molar-refractivity contribution in [2.24, 2.45) is 0 Å². The van der Waals surface area contributed by atoms with Gasteiger partial charge in [0.1, 0.15) is 16.4 Å². The highest BCUT2D eigenvalue weighted by Gasteiger charge is 2.32. The number of aromatic hydroxyl groups is 2. The molecule has 0 saturated carbocycles. The van der Waals surface area contributed by atoms with E-state index in [9.17, 15) is 28.7 Å². The molecule has 0 spiro atoms. The van der Waals surface area contributed by atoms with E-state index in [0.29, 0.717) is 24.8 Å². The second-order valence-corrected chi connectivity index (χ2v) is 10.3. The molecule has 0 aliphatic heterocycles. The topological polar surface area (TPSA) is 118 Å². The first-order valence-electron chi connectivity index (χ1n) is 10.9. The normalized spacial score (nSPS) is 16.6. The molecule has 7 nitrogen and oxygen atoms in total. The Morgan fingerprint density at radius 2 is 1.84 bits per heavy atom. The van der Waals surface area contributed by atoms with Crippen LogP contribution in [0.15, 0.2) is 51.8 Å². The van der Waals surface area contributed by atoms with Crippen molar-refractivity contribution in [3.05, 3.63) is 63.2 Å². The van der Waals surface area contributed by atoms with Crippen LogP contribution in [0, 0.1) is 10.1 Å². The van der Waals surface area contributed by atoms with E-state index in [1.807, 2.05) is 19.9 Å². The fraction of sp³-hybridized carbons (Fsp3) is 0.417. The summed E-state index contributed by atoms with van der Waals surface area (Å²) in [5.41, 5.74) is 1.49. The summed E-state index contributed by atoms with van der Waals surface area (Å²) in [6.45, 7) is 4.01. The van der Waals surface area contributed by atoms with E-state index in [2.05, 4.69) is 0 Å². The number of aryl methyl sites for hydroxylation is 1. The Morgan fingerprint density at radius 3 is 2.44 bits per heavy atom. The van der Waals surface area contributed by atoms with Crippen LogP contribution in [-0.4, -0.2) is 23.6 Å². The van der Waals surface area contributed by atoms with Gasteiger partial charge >= 0.3 is 0 Å². The van der Waals surface area contributed by atoms with Gasteiger partial charge in [-0.25, -0.2) is 8.42 Å². The number of phenolic OH excluding ortho intramolecular Hbond substituents is 2. The summed E-state index contributed by atoms with van der Waals surface area (Å²) in [5.74, 6) is -0.808. The first-order valence-corrected chi connectivity index (χ1v) is 12.4. The number of phenols is 2. The Kier molecular flexibility index (Phi) is 7.23. The van der Waals surface area contributed by atoms with Gasteiger partial charge in [0.15, 0.2) is 0 Å². The average Bonchev–Trinajstić information content (AvgIpc) is 2.73. The minimum atomic E-state index is -4.18. The Hall–Kier alpha value is -2.87. The average molecular weight is 460 g/mol. The minimum Gasteiger partial charge on any atom is -0.507 e. The highest BCUT2D eigenvalue weighted by Crippen LogP contribution is 2.46. The van der Waals surface area contributed by atoms with Gasteiger partial charge < -0.3 is 10.2 Å². The SMILES string of the molecule is CCCCCc1cc(O)c(C2C=C(C)CCC2)c(O)c1S(=O)(=O)c1ccc([N+](=O)[O-])cc1. The van der Waals surface area contributed by atoms with Gasteiger partial charge in [0.05, 0.1) is 9.82 Å². The highest BCUT2D eigenvalue weighted by molar-refractivity contribution is 7.91. The molecule has 1 unspecified atom stereocenters. The second kappa shape index (κ2) is 9.73. The lowest BCUT2D eigenvalue weighted by Gasteiger charge is -2.24. The molecule has 3 rings (SSSR count). The van der Waals surface area contributed by atoms with Gasteiger partial charge in [-0.15, -0.1) is 0 Å². The molecule has 1 atom stereocenters. The van der Waals surface area contributed by atoms with E-state index in [1.165, 1.54) is 18.2 Å². The maximum Gasteiger partial charge on any atom is 0.269 e. The van der Waals surface area contributed by atoms with Gasteiger partial charge in [-0.3, -0.25) is 10.1 Å². The molecule has 0 fully saturated rings. The van der Waals surface area contributed by atoms with Crippen LogP contribution >= 0.6 is 0 Å². The van der Waals surface area contributed by atoms with Crippen LogP contribution in [-0.2, 0) is 16.3 Å². The molecule has 0 amide bonds. The minimum absolute atomic E-state index is 0.104. The van der Waals surface area contributed by atoms with E-state index in [1.54, 1.807) is 0 Å². The Morgan fingerprint density at radius 1 is 1.16 bits per heavy atom. The van der Waals surface area contributed by atoms with E-state index in [4.69, 9.17) is 0 Å². The molecule has 0 heterocycles. The molecule has 0 aromatic heterocycles. The third-order valence-corrected chi connectivity index (χ3v) is 7.85. The molecular formula is C24H29NO6S. The largest absolute Gasteiger partial charge is 0.507 e. The number of allylic oxidation sites excluding steroid dienone is 2. The summed E-state index contributed by atoms with van der Waals surface area (Å²) in [5, 5.41) is 32.9. The van der Waals surface area contributed by atoms with E-state index in [-0.39, 0.29) is 32.7 Å². The number of benzene rings is 2. The molecule has 0 radical (unpaired) electrons. The van der Waals surface area contributed by atoms with Gasteiger partial charge in [-0.1, -0.05) is 31.4 Å². The van der Waals surface area contributed by atoms with Gasteiger partial charge in [0.25, 0.3) is 5.69 Å². The monoisotopic (exact) mass is 459 g/mol. The van der Waals surface area contributed by atoms with Crippen LogP contribution in [0.2, 0.25) is 0 Å². The number of unbranched alkanes of at least 4 members (excludes halogenated alkanes) is 2. The first-order chi connectivity index (χ1) is 15.2. The van der Waals surface area contributed by atoms with Crippen molar-refractivity contribution in [3.8, 4) is 11.5 Å². The lowest BCUT2D eigenvalue weighted by Crippen LogP contribution is -2.10. The fourth-order valence-electron chi connectivity index (χ4n) is 4.32. The molecule has 32 heavy (non-hydrogen) atoms. The summed E-state index contributed by atoms with van der Waals surface area (Å²) >= 11 is 0. The number of nitrogens with zero attached hydrogens (tertiary/aromatic N) is 1. The van der Waals surface area contributed by atoms with Crippen molar-refractivity contribution in [1.29, 1.82) is 0 Å². The zero-order valence-electron chi connectivity index (χ0n) is 18.4. The second-order valence-electron chi connectivity index (χ2n) is 8.37. The van der Waals surface area contributed by atoms with Crippen molar-refractivity contribution in [1.82, 2.24) is 0 Å². The van der Waals surface area contributed by atoms with Gasteiger partial charge in [0, 0.05) is 23.6 Å². The predicted molar refractivity (Wildman–Crippen MR) is 122 cm³/mol. The summed E-state index contributed by atoms with van der Waals surface area (Å²) in [4.78, 5) is 10.0. The zero-order valence-corrected chi connectivity index (χ0v) is 19.2. The van der Waals surface area contributed by atoms with Gasteiger partial charge in [-0.2, -0.15) is 0 Å². The molecule has 2 aromatic rings. The third kappa shape index (κ3) is 4.80. The maximum atomic E-state index is 13.6. The predicted octanol–water partition coefficient (Wildman–Crippen LogP) is 5.79. The van der Waals surface area contributed by atoms with Crippen LogP contribution in [0.5, 0.6) is 11.5 Å². The molecule has 0 saturated heterocycles. The molecule has 8 heteroatoms. The number of rotatable bonds is 8. The zero-order chi connectivity index (χ0) is 23.5.